The van der Waals surface area contributed by atoms with Crippen molar-refractivity contribution in [3.8, 4) is 11.3 Å². The second-order valence-corrected chi connectivity index (χ2v) is 7.79. The second kappa shape index (κ2) is 6.68. The number of benzene rings is 1. The lowest BCUT2D eigenvalue weighted by Crippen LogP contribution is -2.44. The molecule has 3 rings (SSSR count). The lowest BCUT2D eigenvalue weighted by Gasteiger charge is -2.24. The van der Waals surface area contributed by atoms with Crippen molar-refractivity contribution in [3.05, 3.63) is 47.4 Å². The molecule has 26 heavy (non-hydrogen) atoms. The molecule has 1 amide bonds. The van der Waals surface area contributed by atoms with Crippen molar-refractivity contribution < 1.29 is 9.18 Å². The minimum absolute atomic E-state index is 0.257. The van der Waals surface area contributed by atoms with Gasteiger partial charge < -0.3 is 10.2 Å². The highest BCUT2D eigenvalue weighted by molar-refractivity contribution is 5.80. The Labute approximate surface area is 153 Å². The number of rotatable bonds is 2. The van der Waals surface area contributed by atoms with E-state index in [1.54, 1.807) is 6.07 Å². The van der Waals surface area contributed by atoms with Crippen LogP contribution in [0.4, 0.5) is 9.18 Å². The lowest BCUT2D eigenvalue weighted by atomic mass is 10.00. The normalized spacial score (nSPS) is 14.8. The van der Waals surface area contributed by atoms with Crippen LogP contribution in [0.5, 0.6) is 0 Å². The van der Waals surface area contributed by atoms with Gasteiger partial charge >= 0.3 is 6.03 Å². The van der Waals surface area contributed by atoms with E-state index in [0.717, 1.165) is 24.2 Å². The first kappa shape index (κ1) is 18.3. The molecule has 0 saturated carbocycles. The first-order chi connectivity index (χ1) is 12.2. The first-order valence-corrected chi connectivity index (χ1v) is 8.74. The highest BCUT2D eigenvalue weighted by atomic mass is 19.1. The number of hydrogen-bond donors (Lipinski definition) is 1. The molecule has 0 fully saturated rings. The van der Waals surface area contributed by atoms with Gasteiger partial charge in [0.25, 0.3) is 0 Å². The highest BCUT2D eigenvalue weighted by Gasteiger charge is 2.28. The molecule has 1 aromatic carbocycles. The number of aromatic nitrogens is 2. The lowest BCUT2D eigenvalue weighted by molar-refractivity contribution is 0.228. The Hall–Kier alpha value is -2.47. The van der Waals surface area contributed by atoms with E-state index < -0.39 is 0 Å². The maximum atomic E-state index is 14.2. The Morgan fingerprint density at radius 3 is 2.73 bits per heavy atom. The number of nitrogens with zero attached hydrogens (tertiary/aromatic N) is 3. The summed E-state index contributed by atoms with van der Waals surface area (Å²) < 4.78 is 15.7. The zero-order valence-electron chi connectivity index (χ0n) is 15.8. The Morgan fingerprint density at radius 2 is 2.12 bits per heavy atom. The second-order valence-electron chi connectivity index (χ2n) is 7.79. The third-order valence-electron chi connectivity index (χ3n) is 4.42. The van der Waals surface area contributed by atoms with Gasteiger partial charge in [-0.05, 0) is 33.9 Å². The molecule has 1 N–H and O–H groups in total. The van der Waals surface area contributed by atoms with Gasteiger partial charge in [0, 0.05) is 41.7 Å². The summed E-state index contributed by atoms with van der Waals surface area (Å²) in [5.41, 5.74) is 3.29. The zero-order valence-corrected chi connectivity index (χ0v) is 15.8. The third-order valence-corrected chi connectivity index (χ3v) is 4.42. The number of carbonyl (C=O) groups excluding carboxylic acids is 1. The minimum Gasteiger partial charge on any atom is -0.332 e. The average Bonchev–Trinajstić information content (AvgIpc) is 2.92. The quantitative estimate of drug-likeness (QED) is 0.893. The summed E-state index contributed by atoms with van der Waals surface area (Å²) in [4.78, 5) is 14.9. The molecule has 5 nitrogen and oxygen atoms in total. The van der Waals surface area contributed by atoms with Gasteiger partial charge in [-0.1, -0.05) is 24.8 Å². The standard InChI is InChI=1S/C20H25FN4O/c1-6-13-7-8-14(11-16(13)21)18-15-12-24(5)10-9-17(15)25(23-18)19(26)22-20(2,3)4/h6-8,11H,1,9-10,12H2,2-5H3,(H,22,26). The largest absolute Gasteiger partial charge is 0.342 e. The predicted molar refractivity (Wildman–Crippen MR) is 101 cm³/mol. The van der Waals surface area contributed by atoms with Crippen molar-refractivity contribution in [2.75, 3.05) is 13.6 Å². The molecule has 1 aliphatic heterocycles. The fraction of sp³-hybridized carbons (Fsp3) is 0.400. The molecular weight excluding hydrogens is 331 g/mol. The topological polar surface area (TPSA) is 50.2 Å². The predicted octanol–water partition coefficient (Wildman–Crippen LogP) is 3.68. The molecule has 0 atom stereocenters. The molecule has 0 spiro atoms. The summed E-state index contributed by atoms with van der Waals surface area (Å²) in [6.07, 6.45) is 2.21. The fourth-order valence-electron chi connectivity index (χ4n) is 3.17. The van der Waals surface area contributed by atoms with E-state index in [2.05, 4.69) is 21.9 Å². The number of likely N-dealkylation sites (N-methyl/N-ethyl adjacent to an activating group) is 1. The molecule has 0 unspecified atom stereocenters. The summed E-state index contributed by atoms with van der Waals surface area (Å²) >= 11 is 0. The van der Waals surface area contributed by atoms with Crippen LogP contribution in [0.15, 0.2) is 24.8 Å². The van der Waals surface area contributed by atoms with Gasteiger partial charge in [0.1, 0.15) is 5.82 Å². The Balaban J connectivity index is 2.10. The Kier molecular flexibility index (Phi) is 4.71. The van der Waals surface area contributed by atoms with E-state index in [1.165, 1.54) is 16.8 Å². The summed E-state index contributed by atoms with van der Waals surface area (Å²) in [5, 5.41) is 7.51. The number of hydrogen-bond acceptors (Lipinski definition) is 3. The van der Waals surface area contributed by atoms with Crippen LogP contribution in [-0.2, 0) is 13.0 Å². The van der Waals surface area contributed by atoms with Gasteiger partial charge in [-0.15, -0.1) is 0 Å². The van der Waals surface area contributed by atoms with E-state index in [4.69, 9.17) is 0 Å². The average molecular weight is 356 g/mol. The highest BCUT2D eigenvalue weighted by Crippen LogP contribution is 2.31. The minimum atomic E-state index is -0.362. The van der Waals surface area contributed by atoms with E-state index in [-0.39, 0.29) is 17.4 Å². The molecule has 1 aliphatic rings. The van der Waals surface area contributed by atoms with Crippen LogP contribution in [0.25, 0.3) is 17.3 Å². The molecule has 138 valence electrons. The van der Waals surface area contributed by atoms with Gasteiger partial charge in [0.05, 0.1) is 11.4 Å². The number of nitrogens with one attached hydrogen (secondary N) is 1. The molecular formula is C20H25FN4O. The summed E-state index contributed by atoms with van der Waals surface area (Å²) in [6, 6.07) is 4.71. The van der Waals surface area contributed by atoms with Crippen LogP contribution in [0.2, 0.25) is 0 Å². The van der Waals surface area contributed by atoms with Gasteiger partial charge in [0.2, 0.25) is 0 Å². The van der Waals surface area contributed by atoms with Crippen molar-refractivity contribution >= 4 is 12.1 Å². The number of halogens is 1. The van der Waals surface area contributed by atoms with Crippen LogP contribution >= 0.6 is 0 Å². The molecule has 2 heterocycles. The van der Waals surface area contributed by atoms with Crippen LogP contribution in [-0.4, -0.2) is 39.8 Å². The SMILES string of the molecule is C=Cc1ccc(-c2nn(C(=O)NC(C)(C)C)c3c2CN(C)CC3)cc1F. The summed E-state index contributed by atoms with van der Waals surface area (Å²) in [6.45, 7) is 10.9. The maximum absolute atomic E-state index is 14.2. The number of carbonyl (C=O) groups is 1. The molecule has 0 bridgehead atoms. The van der Waals surface area contributed by atoms with Crippen LogP contribution < -0.4 is 5.32 Å². The Bertz CT molecular complexity index is 863. The smallest absolute Gasteiger partial charge is 0.332 e. The summed E-state index contributed by atoms with van der Waals surface area (Å²) in [5.74, 6) is -0.343. The van der Waals surface area contributed by atoms with Crippen molar-refractivity contribution in [1.82, 2.24) is 20.0 Å². The van der Waals surface area contributed by atoms with Crippen molar-refractivity contribution in [2.24, 2.45) is 0 Å². The van der Waals surface area contributed by atoms with Gasteiger partial charge in [-0.25, -0.2) is 9.18 Å². The van der Waals surface area contributed by atoms with Gasteiger partial charge in [0.15, 0.2) is 0 Å². The third kappa shape index (κ3) is 3.55. The molecule has 2 aromatic rings. The fourth-order valence-corrected chi connectivity index (χ4v) is 3.17. The van der Waals surface area contributed by atoms with Crippen molar-refractivity contribution in [1.29, 1.82) is 0 Å². The van der Waals surface area contributed by atoms with Crippen molar-refractivity contribution in [3.63, 3.8) is 0 Å². The van der Waals surface area contributed by atoms with Crippen molar-refractivity contribution in [2.45, 2.75) is 39.3 Å². The van der Waals surface area contributed by atoms with Crippen LogP contribution in [0.1, 0.15) is 37.6 Å². The zero-order chi connectivity index (χ0) is 19.1. The summed E-state index contributed by atoms with van der Waals surface area (Å²) in [7, 11) is 2.03. The molecule has 0 saturated heterocycles. The Morgan fingerprint density at radius 1 is 1.38 bits per heavy atom. The van der Waals surface area contributed by atoms with E-state index >= 15 is 0 Å². The molecule has 6 heteroatoms. The number of amides is 1. The maximum Gasteiger partial charge on any atom is 0.342 e. The molecule has 1 aromatic heterocycles. The van der Waals surface area contributed by atoms with E-state index in [1.807, 2.05) is 33.9 Å². The first-order valence-electron chi connectivity index (χ1n) is 8.74. The van der Waals surface area contributed by atoms with Crippen LogP contribution in [0.3, 0.4) is 0 Å². The van der Waals surface area contributed by atoms with Crippen LogP contribution in [0, 0.1) is 5.82 Å². The van der Waals surface area contributed by atoms with Gasteiger partial charge in [-0.3, -0.25) is 0 Å². The monoisotopic (exact) mass is 356 g/mol. The van der Waals surface area contributed by atoms with E-state index in [9.17, 15) is 9.18 Å². The molecule has 0 radical (unpaired) electrons. The number of fused-ring (bicyclic) bond motifs is 1. The van der Waals surface area contributed by atoms with Gasteiger partial charge in [-0.2, -0.15) is 9.78 Å². The molecule has 0 aliphatic carbocycles. The van der Waals surface area contributed by atoms with E-state index in [0.29, 0.717) is 23.4 Å².